The molecular formula is C66H55N3O17S7. The van der Waals surface area contributed by atoms with Gasteiger partial charge in [0.15, 0.2) is 69.0 Å². The van der Waals surface area contributed by atoms with Crippen LogP contribution in [0.5, 0.6) is 69.0 Å². The second-order valence-electron chi connectivity index (χ2n) is 22.8. The SMILES string of the molecule is [C-]#[N+]/C(C(=O)O)=c1\s/c(=C\c2sc(-c3sc(-c4sc(-c5sc(-c6sc(-c7sc(-c8ccc9c(c8)C(C)(C)c8ccccc8N9CCCCCC)c8c7OCCO8)c7c6OCCO7)c6c5OCCO6)c5c4OCCO5)c4c3OCCO4)c3c2OCCO3)c(=O)n1CC(=O)O. The number of carbonyl (C=O) groups is 2. The molecule has 27 heteroatoms. The number of rotatable bonds is 15. The van der Waals surface area contributed by atoms with Gasteiger partial charge in [0.05, 0.1) is 69.6 Å². The Morgan fingerprint density at radius 3 is 1.34 bits per heavy atom. The van der Waals surface area contributed by atoms with Crippen LogP contribution in [0.1, 0.15) is 62.5 Å². The fraction of sp³-hybridized carbons (Fsp3) is 0.333. The summed E-state index contributed by atoms with van der Waals surface area (Å²) in [4.78, 5) is 52.5. The standard InChI is InChI=1S/C66H55N3O17S7/c1-5-6-7-10-15-68-34-12-9-8-11-32(34)66(2,3)33-28-31(13-14-35(33)68)52-42-43(78-19-18-77-42)55(89-52)56-46-47(82-23-22-81-46)59(91-56)60-50-51(86-27-26-85-50)62(93-60)61-49-48(83-24-25-84-49)58(92-61)57-45-44(79-20-21-80-45)54(90-57)53-41-40(75-16-17-76-41)36(87-53)29-37-63(72)69(30-38(70)71)64(88-37)39(67-4)65(73)74/h8-9,11-14,28-29H,5-7,10,15-27,30H2,1-3H3,(H,70,71)(H,73,74)/b37-29-,64-39-. The molecule has 7 aliphatic rings. The van der Waals surface area contributed by atoms with E-state index in [0.29, 0.717) is 146 Å². The summed E-state index contributed by atoms with van der Waals surface area (Å²) in [5, 5.41) is 19.5. The largest absolute Gasteiger partial charge is 0.486 e. The molecule has 478 valence electrons. The van der Waals surface area contributed by atoms with E-state index in [1.807, 2.05) is 0 Å². The number of aromatic nitrogens is 1. The van der Waals surface area contributed by atoms with Crippen LogP contribution in [0.2, 0.25) is 0 Å². The van der Waals surface area contributed by atoms with Crippen molar-refractivity contribution in [3.05, 3.63) is 89.4 Å². The van der Waals surface area contributed by atoms with E-state index in [-0.39, 0.29) is 47.6 Å². The third-order valence-electron chi connectivity index (χ3n) is 16.8. The number of aliphatic carboxylic acids is 2. The van der Waals surface area contributed by atoms with E-state index in [2.05, 4.69) is 73.0 Å². The average molecular weight is 1390 g/mol. The second-order valence-corrected chi connectivity index (χ2v) is 30.0. The molecule has 0 atom stereocenters. The number of benzene rings is 2. The van der Waals surface area contributed by atoms with Crippen LogP contribution in [0.4, 0.5) is 11.4 Å². The first-order chi connectivity index (χ1) is 45.4. The molecule has 2 aromatic carbocycles. The average Bonchev–Trinajstić information content (AvgIpc) is 1.72. The summed E-state index contributed by atoms with van der Waals surface area (Å²) in [5.41, 5.74) is 4.27. The predicted octanol–water partition coefficient (Wildman–Crippen LogP) is 13.3. The van der Waals surface area contributed by atoms with Crippen molar-refractivity contribution in [1.82, 2.24) is 4.57 Å². The number of anilines is 2. The minimum Gasteiger partial charge on any atom is -0.486 e. The van der Waals surface area contributed by atoms with Gasteiger partial charge in [0.1, 0.15) is 90.5 Å². The second kappa shape index (κ2) is 23.9. The van der Waals surface area contributed by atoms with Crippen molar-refractivity contribution in [2.24, 2.45) is 0 Å². The lowest BCUT2D eigenvalue weighted by Crippen LogP contribution is -2.35. The van der Waals surface area contributed by atoms with Gasteiger partial charge in [0, 0.05) is 23.3 Å². The summed E-state index contributed by atoms with van der Waals surface area (Å²) in [6.07, 6.45) is 6.19. The molecule has 9 aromatic rings. The van der Waals surface area contributed by atoms with Gasteiger partial charge >= 0.3 is 17.6 Å². The fourth-order valence-corrected chi connectivity index (χ4v) is 21.5. The minimum atomic E-state index is -1.59. The number of thiazole rings is 1. The Labute approximate surface area is 558 Å². The molecule has 0 fully saturated rings. The summed E-state index contributed by atoms with van der Waals surface area (Å²) >= 11 is 9.52. The number of nitrogens with zero attached hydrogens (tertiary/aromatic N) is 3. The van der Waals surface area contributed by atoms with E-state index in [1.165, 1.54) is 93.2 Å². The van der Waals surface area contributed by atoms with Crippen molar-refractivity contribution in [2.75, 3.05) is 90.7 Å². The first-order valence-corrected chi connectivity index (χ1v) is 36.0. The van der Waals surface area contributed by atoms with Gasteiger partial charge in [-0.2, -0.15) is 0 Å². The highest BCUT2D eigenvalue weighted by Crippen LogP contribution is 2.69. The molecule has 7 aliphatic heterocycles. The Morgan fingerprint density at radius 2 is 0.914 bits per heavy atom. The van der Waals surface area contributed by atoms with Crippen LogP contribution in [0.25, 0.3) is 75.8 Å². The Bertz CT molecular complexity index is 4810. The molecule has 0 bridgehead atoms. The quantitative estimate of drug-likeness (QED) is 0.0721. The van der Waals surface area contributed by atoms with Crippen molar-refractivity contribution in [3.8, 4) is 128 Å². The number of fused-ring (bicyclic) bond motifs is 8. The van der Waals surface area contributed by atoms with Crippen molar-refractivity contribution in [1.29, 1.82) is 0 Å². The lowest BCUT2D eigenvalue weighted by Gasteiger charge is -2.42. The molecule has 14 heterocycles. The third-order valence-corrected chi connectivity index (χ3v) is 25.6. The molecule has 0 aliphatic carbocycles. The molecule has 0 saturated carbocycles. The predicted molar refractivity (Wildman–Crippen MR) is 359 cm³/mol. The van der Waals surface area contributed by atoms with Crippen LogP contribution in [0.15, 0.2) is 47.3 Å². The zero-order valence-electron chi connectivity index (χ0n) is 50.1. The maximum Gasteiger partial charge on any atom is 0.336 e. The van der Waals surface area contributed by atoms with E-state index in [9.17, 15) is 24.6 Å². The van der Waals surface area contributed by atoms with Crippen LogP contribution < -0.4 is 76.5 Å². The van der Waals surface area contributed by atoms with Crippen molar-refractivity contribution < 1.29 is 76.6 Å². The first-order valence-electron chi connectivity index (χ1n) is 30.3. The highest BCUT2D eigenvalue weighted by atomic mass is 32.1. The number of carboxylic acid groups (broad SMARTS) is 2. The van der Waals surface area contributed by atoms with Gasteiger partial charge in [-0.1, -0.05) is 64.3 Å². The first kappa shape index (κ1) is 59.6. The molecule has 0 unspecified atom stereocenters. The number of carboxylic acids is 2. The third kappa shape index (κ3) is 9.87. The Hall–Kier alpha value is -8.36. The summed E-state index contributed by atoms with van der Waals surface area (Å²) in [5.74, 6) is 3.53. The molecule has 16 rings (SSSR count). The topological polar surface area (TPSA) is 215 Å². The Balaban J connectivity index is 0.794. The molecule has 0 amide bonds. The zero-order chi connectivity index (χ0) is 63.4. The monoisotopic (exact) mass is 1390 g/mol. The minimum absolute atomic E-state index is 0.00676. The van der Waals surface area contributed by atoms with Gasteiger partial charge < -0.3 is 72.0 Å². The number of unbranched alkanes of at least 4 members (excludes halogenated alkanes) is 3. The fourth-order valence-electron chi connectivity index (χ4n) is 12.6. The number of thiophene rings is 6. The van der Waals surface area contributed by atoms with E-state index < -0.39 is 29.7 Å². The van der Waals surface area contributed by atoms with Crippen LogP contribution in [-0.2, 0) is 21.5 Å². The van der Waals surface area contributed by atoms with Crippen molar-refractivity contribution in [3.63, 3.8) is 0 Å². The van der Waals surface area contributed by atoms with Crippen molar-refractivity contribution >= 4 is 114 Å². The number of hydrogen-bond acceptors (Lipinski definition) is 23. The maximum absolute atomic E-state index is 13.9. The van der Waals surface area contributed by atoms with Gasteiger partial charge in [0.2, 0.25) is 0 Å². The summed E-state index contributed by atoms with van der Waals surface area (Å²) in [6, 6.07) is 15.7. The Morgan fingerprint density at radius 1 is 0.516 bits per heavy atom. The van der Waals surface area contributed by atoms with Crippen LogP contribution >= 0.6 is 79.4 Å². The lowest BCUT2D eigenvalue weighted by atomic mass is 9.73. The van der Waals surface area contributed by atoms with Gasteiger partial charge in [-0.05, 0) is 47.4 Å². The lowest BCUT2D eigenvalue weighted by molar-refractivity contribution is -0.138. The van der Waals surface area contributed by atoms with E-state index >= 15 is 0 Å². The zero-order valence-corrected chi connectivity index (χ0v) is 55.8. The highest BCUT2D eigenvalue weighted by molar-refractivity contribution is 7.32. The van der Waals surface area contributed by atoms with E-state index in [0.717, 1.165) is 62.1 Å². The number of ether oxygens (including phenoxy) is 12. The number of para-hydroxylation sites is 1. The molecule has 7 aromatic heterocycles. The van der Waals surface area contributed by atoms with Crippen LogP contribution in [0, 0.1) is 6.57 Å². The molecular weight excluding hydrogens is 1330 g/mol. The summed E-state index contributed by atoms with van der Waals surface area (Å²) in [7, 11) is 0. The van der Waals surface area contributed by atoms with E-state index in [1.54, 1.807) is 22.7 Å². The van der Waals surface area contributed by atoms with Gasteiger partial charge in [-0.3, -0.25) is 19.0 Å². The Kier molecular flexibility index (Phi) is 15.3. The molecule has 2 N–H and O–H groups in total. The molecule has 20 nitrogen and oxygen atoms in total. The van der Waals surface area contributed by atoms with Crippen LogP contribution in [0.3, 0.4) is 0 Å². The molecule has 0 spiro atoms. The molecule has 93 heavy (non-hydrogen) atoms. The molecule has 0 radical (unpaired) electrons. The van der Waals surface area contributed by atoms with Gasteiger partial charge in [-0.15, -0.1) is 79.4 Å². The molecule has 0 saturated heterocycles. The normalized spacial score (nSPS) is 16.5. The van der Waals surface area contributed by atoms with E-state index in [4.69, 9.17) is 63.4 Å². The summed E-state index contributed by atoms with van der Waals surface area (Å²) < 4.78 is 79.0. The van der Waals surface area contributed by atoms with Gasteiger partial charge in [-0.25, -0.2) is 4.85 Å². The van der Waals surface area contributed by atoms with Crippen LogP contribution in [-0.4, -0.2) is 113 Å². The summed E-state index contributed by atoms with van der Waals surface area (Å²) in [6.45, 7) is 18.1. The highest BCUT2D eigenvalue weighted by Gasteiger charge is 2.42. The van der Waals surface area contributed by atoms with Crippen molar-refractivity contribution in [2.45, 2.75) is 58.4 Å². The number of hydrogen-bond donors (Lipinski definition) is 2. The smallest absolute Gasteiger partial charge is 0.336 e. The van der Waals surface area contributed by atoms with Gasteiger partial charge in [0.25, 0.3) is 5.56 Å². The maximum atomic E-state index is 13.9.